The lowest BCUT2D eigenvalue weighted by Crippen LogP contribution is -2.31. The summed E-state index contributed by atoms with van der Waals surface area (Å²) in [7, 11) is 0. The monoisotopic (exact) mass is 451 g/mol. The van der Waals surface area contributed by atoms with Crippen molar-refractivity contribution in [2.24, 2.45) is 0 Å². The van der Waals surface area contributed by atoms with Crippen molar-refractivity contribution in [2.75, 3.05) is 41.3 Å². The number of carbonyl (C=O) groups is 2. The SMILES string of the molecule is O=C(Nc1ccc(N2CCCN(c3ncccn3)CC2)cc1C(=O)O)c1ccc(Cl)cc1. The summed E-state index contributed by atoms with van der Waals surface area (Å²) < 4.78 is 0. The van der Waals surface area contributed by atoms with E-state index in [1.807, 2.05) is 6.07 Å². The molecule has 0 atom stereocenters. The molecule has 0 saturated carbocycles. The van der Waals surface area contributed by atoms with Crippen LogP contribution in [0, 0.1) is 0 Å². The van der Waals surface area contributed by atoms with E-state index in [4.69, 9.17) is 11.6 Å². The zero-order valence-electron chi connectivity index (χ0n) is 17.2. The quantitative estimate of drug-likeness (QED) is 0.608. The van der Waals surface area contributed by atoms with Crippen LogP contribution in [0.4, 0.5) is 17.3 Å². The maximum Gasteiger partial charge on any atom is 0.337 e. The van der Waals surface area contributed by atoms with Gasteiger partial charge in [0.1, 0.15) is 0 Å². The average Bonchev–Trinajstić information content (AvgIpc) is 3.06. The molecule has 3 aromatic rings. The Morgan fingerprint density at radius 1 is 0.938 bits per heavy atom. The van der Waals surface area contributed by atoms with Gasteiger partial charge in [0.25, 0.3) is 5.91 Å². The number of aromatic nitrogens is 2. The summed E-state index contributed by atoms with van der Waals surface area (Å²) in [5, 5.41) is 13.0. The number of benzene rings is 2. The number of carboxylic acids is 1. The predicted molar refractivity (Wildman–Crippen MR) is 124 cm³/mol. The first-order chi connectivity index (χ1) is 15.5. The van der Waals surface area contributed by atoms with Crippen LogP contribution in [0.3, 0.4) is 0 Å². The van der Waals surface area contributed by atoms with Gasteiger partial charge in [0.2, 0.25) is 5.95 Å². The van der Waals surface area contributed by atoms with E-state index in [2.05, 4.69) is 25.1 Å². The molecular weight excluding hydrogens is 430 g/mol. The molecule has 1 aromatic heterocycles. The summed E-state index contributed by atoms with van der Waals surface area (Å²) in [6, 6.07) is 13.3. The van der Waals surface area contributed by atoms with Crippen LogP contribution < -0.4 is 15.1 Å². The predicted octanol–water partition coefficient (Wildman–Crippen LogP) is 3.80. The summed E-state index contributed by atoms with van der Waals surface area (Å²) in [6.07, 6.45) is 4.33. The first-order valence-electron chi connectivity index (χ1n) is 10.2. The van der Waals surface area contributed by atoms with Gasteiger partial charge in [-0.25, -0.2) is 14.8 Å². The number of hydrogen-bond donors (Lipinski definition) is 2. The molecular formula is C23H22ClN5O3. The van der Waals surface area contributed by atoms with Crippen LogP contribution in [0.25, 0.3) is 0 Å². The Kier molecular flexibility index (Phi) is 6.51. The highest BCUT2D eigenvalue weighted by Crippen LogP contribution is 2.26. The average molecular weight is 452 g/mol. The van der Waals surface area contributed by atoms with E-state index in [1.165, 1.54) is 0 Å². The third-order valence-electron chi connectivity index (χ3n) is 5.28. The summed E-state index contributed by atoms with van der Waals surface area (Å²) in [6.45, 7) is 3.02. The molecule has 2 heterocycles. The van der Waals surface area contributed by atoms with Gasteiger partial charge in [-0.05, 0) is 55.0 Å². The van der Waals surface area contributed by atoms with E-state index < -0.39 is 11.9 Å². The van der Waals surface area contributed by atoms with Gasteiger partial charge in [-0.1, -0.05) is 11.6 Å². The van der Waals surface area contributed by atoms with Crippen LogP contribution in [0.15, 0.2) is 60.9 Å². The number of aromatic carboxylic acids is 1. The van der Waals surface area contributed by atoms with Crippen LogP contribution in [0.2, 0.25) is 5.02 Å². The highest BCUT2D eigenvalue weighted by atomic mass is 35.5. The van der Waals surface area contributed by atoms with Crippen LogP contribution in [-0.2, 0) is 0 Å². The summed E-state index contributed by atoms with van der Waals surface area (Å²) in [5.74, 6) is -0.807. The van der Waals surface area contributed by atoms with Crippen molar-refractivity contribution in [1.82, 2.24) is 9.97 Å². The summed E-state index contributed by atoms with van der Waals surface area (Å²) in [4.78, 5) is 37.3. The molecule has 4 rings (SSSR count). The standard InChI is InChI=1S/C23H22ClN5O3/c24-17-5-3-16(4-6-17)21(30)27-20-8-7-18(15-19(20)22(31)32)28-11-2-12-29(14-13-28)23-25-9-1-10-26-23/h1,3-10,15H,2,11-14H2,(H,27,30)(H,31,32). The first kappa shape index (κ1) is 21.6. The van der Waals surface area contributed by atoms with Crippen molar-refractivity contribution in [3.8, 4) is 0 Å². The molecule has 0 unspecified atom stereocenters. The fraction of sp³-hybridized carbons (Fsp3) is 0.217. The van der Waals surface area contributed by atoms with Gasteiger partial charge in [0.05, 0.1) is 11.3 Å². The van der Waals surface area contributed by atoms with Gasteiger partial charge >= 0.3 is 5.97 Å². The summed E-state index contributed by atoms with van der Waals surface area (Å²) in [5.41, 5.74) is 1.47. The molecule has 0 spiro atoms. The van der Waals surface area contributed by atoms with E-state index in [0.717, 1.165) is 31.7 Å². The van der Waals surface area contributed by atoms with E-state index in [1.54, 1.807) is 54.9 Å². The lowest BCUT2D eigenvalue weighted by molar-refractivity contribution is 0.0698. The topological polar surface area (TPSA) is 98.7 Å². The second-order valence-corrected chi connectivity index (χ2v) is 7.81. The number of carboxylic acid groups (broad SMARTS) is 1. The number of rotatable bonds is 5. The first-order valence-corrected chi connectivity index (χ1v) is 10.6. The smallest absolute Gasteiger partial charge is 0.337 e. The molecule has 2 aromatic carbocycles. The minimum atomic E-state index is -1.10. The van der Waals surface area contributed by atoms with Gasteiger partial charge in [0.15, 0.2) is 0 Å². The Labute approximate surface area is 190 Å². The molecule has 0 aliphatic carbocycles. The minimum Gasteiger partial charge on any atom is -0.478 e. The lowest BCUT2D eigenvalue weighted by atomic mass is 10.1. The zero-order valence-corrected chi connectivity index (χ0v) is 18.0. The van der Waals surface area contributed by atoms with Crippen molar-refractivity contribution >= 4 is 40.8 Å². The number of anilines is 3. The Morgan fingerprint density at radius 3 is 2.34 bits per heavy atom. The highest BCUT2D eigenvalue weighted by Gasteiger charge is 2.20. The maximum atomic E-state index is 12.5. The molecule has 8 nitrogen and oxygen atoms in total. The van der Waals surface area contributed by atoms with Gasteiger partial charge in [-0.3, -0.25) is 4.79 Å². The van der Waals surface area contributed by atoms with E-state index in [9.17, 15) is 14.7 Å². The lowest BCUT2D eigenvalue weighted by Gasteiger charge is -2.24. The fourth-order valence-electron chi connectivity index (χ4n) is 3.64. The molecule has 1 saturated heterocycles. The fourth-order valence-corrected chi connectivity index (χ4v) is 3.77. The highest BCUT2D eigenvalue weighted by molar-refractivity contribution is 6.30. The van der Waals surface area contributed by atoms with Gasteiger partial charge in [0, 0.05) is 54.8 Å². The molecule has 0 bridgehead atoms. The number of nitrogens with one attached hydrogen (secondary N) is 1. The molecule has 2 N–H and O–H groups in total. The third-order valence-corrected chi connectivity index (χ3v) is 5.54. The Morgan fingerprint density at radius 2 is 1.62 bits per heavy atom. The van der Waals surface area contributed by atoms with Crippen molar-refractivity contribution in [3.63, 3.8) is 0 Å². The van der Waals surface area contributed by atoms with Crippen molar-refractivity contribution in [1.29, 1.82) is 0 Å². The maximum absolute atomic E-state index is 12.5. The molecule has 1 amide bonds. The van der Waals surface area contributed by atoms with E-state index >= 15 is 0 Å². The number of hydrogen-bond acceptors (Lipinski definition) is 6. The Bertz CT molecular complexity index is 1110. The van der Waals surface area contributed by atoms with Crippen molar-refractivity contribution in [3.05, 3.63) is 77.1 Å². The van der Waals surface area contributed by atoms with Crippen LogP contribution in [0.5, 0.6) is 0 Å². The van der Waals surface area contributed by atoms with Crippen LogP contribution in [-0.4, -0.2) is 53.1 Å². The van der Waals surface area contributed by atoms with Crippen LogP contribution in [0.1, 0.15) is 27.1 Å². The Balaban J connectivity index is 1.50. The second-order valence-electron chi connectivity index (χ2n) is 7.37. The van der Waals surface area contributed by atoms with Crippen molar-refractivity contribution in [2.45, 2.75) is 6.42 Å². The molecule has 1 fully saturated rings. The zero-order chi connectivity index (χ0) is 22.5. The number of halogens is 1. The van der Waals surface area contributed by atoms with Gasteiger partial charge in [-0.15, -0.1) is 0 Å². The van der Waals surface area contributed by atoms with Gasteiger partial charge in [-0.2, -0.15) is 0 Å². The largest absolute Gasteiger partial charge is 0.478 e. The minimum absolute atomic E-state index is 0.0392. The molecule has 32 heavy (non-hydrogen) atoms. The molecule has 9 heteroatoms. The van der Waals surface area contributed by atoms with E-state index in [-0.39, 0.29) is 11.3 Å². The van der Waals surface area contributed by atoms with Gasteiger partial charge < -0.3 is 20.2 Å². The molecule has 1 aliphatic rings. The molecule has 1 aliphatic heterocycles. The number of nitrogens with zero attached hydrogens (tertiary/aromatic N) is 4. The summed E-state index contributed by atoms with van der Waals surface area (Å²) >= 11 is 5.87. The number of amides is 1. The molecule has 0 radical (unpaired) electrons. The second kappa shape index (κ2) is 9.65. The molecule has 164 valence electrons. The Hall–Kier alpha value is -3.65. The van der Waals surface area contributed by atoms with E-state index in [0.29, 0.717) is 23.1 Å². The third kappa shape index (κ3) is 4.97. The normalized spacial score (nSPS) is 14.0. The van der Waals surface area contributed by atoms with Crippen LogP contribution >= 0.6 is 11.6 Å². The number of carbonyl (C=O) groups excluding carboxylic acids is 1. The van der Waals surface area contributed by atoms with Crippen molar-refractivity contribution < 1.29 is 14.7 Å².